The van der Waals surface area contributed by atoms with Gasteiger partial charge in [0, 0.05) is 17.5 Å². The Hall–Kier alpha value is -2.13. The maximum Gasteiger partial charge on any atom is 0.233 e. The van der Waals surface area contributed by atoms with Gasteiger partial charge in [0.1, 0.15) is 0 Å². The Balaban J connectivity index is 1.41. The number of carbonyl (C=O) groups is 1. The molecule has 9 heteroatoms. The van der Waals surface area contributed by atoms with Gasteiger partial charge in [-0.05, 0) is 43.9 Å². The van der Waals surface area contributed by atoms with E-state index in [1.807, 2.05) is 33.6 Å². The van der Waals surface area contributed by atoms with E-state index in [1.165, 1.54) is 18.2 Å². The molecule has 0 radical (unpaired) electrons. The molecule has 2 fully saturated rings. The third kappa shape index (κ3) is 4.12. The van der Waals surface area contributed by atoms with Crippen LogP contribution in [0.3, 0.4) is 0 Å². The van der Waals surface area contributed by atoms with Crippen molar-refractivity contribution in [1.29, 1.82) is 0 Å². The third-order valence-corrected chi connectivity index (χ3v) is 9.42. The Kier molecular flexibility index (Phi) is 5.88. The molecule has 0 spiro atoms. The minimum Gasteiger partial charge on any atom is -0.335 e. The topological polar surface area (TPSA) is 84.6 Å². The number of carbonyl (C=O) groups excluding carboxylic acids is 1. The molecule has 1 atom stereocenters. The van der Waals surface area contributed by atoms with Gasteiger partial charge in [-0.2, -0.15) is 0 Å². The largest absolute Gasteiger partial charge is 0.335 e. The molecule has 2 aliphatic rings. The maximum absolute atomic E-state index is 13.4. The van der Waals surface area contributed by atoms with E-state index in [1.54, 1.807) is 0 Å². The molecule has 1 aromatic carbocycles. The lowest BCUT2D eigenvalue weighted by Crippen LogP contribution is -2.49. The van der Waals surface area contributed by atoms with E-state index >= 15 is 0 Å². The zero-order chi connectivity index (χ0) is 22.3. The molecular weight excluding hydrogens is 444 g/mol. The first-order valence-electron chi connectivity index (χ1n) is 11.3. The van der Waals surface area contributed by atoms with Crippen molar-refractivity contribution in [3.05, 3.63) is 35.9 Å². The van der Waals surface area contributed by atoms with Gasteiger partial charge in [0.05, 0.1) is 22.8 Å². The van der Waals surface area contributed by atoms with Gasteiger partial charge < -0.3 is 4.90 Å². The number of para-hydroxylation sites is 1. The quantitative estimate of drug-likeness (QED) is 0.527. The minimum absolute atomic E-state index is 0.0113. The molecule has 0 bridgehead atoms. The Morgan fingerprint density at radius 3 is 2.66 bits per heavy atom. The summed E-state index contributed by atoms with van der Waals surface area (Å²) in [5.74, 6) is 0.520. The van der Waals surface area contributed by atoms with Gasteiger partial charge in [0.15, 0.2) is 20.6 Å². The van der Waals surface area contributed by atoms with Gasteiger partial charge in [-0.1, -0.05) is 49.2 Å². The summed E-state index contributed by atoms with van der Waals surface area (Å²) in [6.45, 7) is 2.06. The highest BCUT2D eigenvalue weighted by molar-refractivity contribution is 7.99. The highest BCUT2D eigenvalue weighted by atomic mass is 32.2. The van der Waals surface area contributed by atoms with Crippen LogP contribution in [0.15, 0.2) is 35.5 Å². The molecule has 1 saturated carbocycles. The molecule has 1 aliphatic heterocycles. The van der Waals surface area contributed by atoms with Crippen LogP contribution in [0.25, 0.3) is 16.6 Å². The molecule has 1 saturated heterocycles. The van der Waals surface area contributed by atoms with Gasteiger partial charge in [-0.3, -0.25) is 9.20 Å². The van der Waals surface area contributed by atoms with Crippen molar-refractivity contribution >= 4 is 44.1 Å². The number of nitrogens with zero attached hydrogens (tertiary/aromatic N) is 4. The first-order chi connectivity index (χ1) is 15.4. The normalized spacial score (nSPS) is 21.3. The molecule has 7 nitrogen and oxygen atoms in total. The fourth-order valence-corrected chi connectivity index (χ4v) is 7.76. The maximum atomic E-state index is 13.4. The van der Waals surface area contributed by atoms with Gasteiger partial charge >= 0.3 is 0 Å². The van der Waals surface area contributed by atoms with Crippen molar-refractivity contribution in [2.24, 2.45) is 0 Å². The molecule has 32 heavy (non-hydrogen) atoms. The van der Waals surface area contributed by atoms with E-state index in [0.29, 0.717) is 11.6 Å². The van der Waals surface area contributed by atoms with E-state index in [0.717, 1.165) is 47.8 Å². The van der Waals surface area contributed by atoms with Crippen molar-refractivity contribution in [2.45, 2.75) is 62.7 Å². The highest BCUT2D eigenvalue weighted by Crippen LogP contribution is 2.30. The zero-order valence-electron chi connectivity index (χ0n) is 18.2. The van der Waals surface area contributed by atoms with E-state index in [4.69, 9.17) is 0 Å². The summed E-state index contributed by atoms with van der Waals surface area (Å²) in [4.78, 5) is 15.4. The number of aryl methyl sites for hydroxylation is 1. The molecule has 3 aromatic rings. The standard InChI is InChI=1S/C23H28N4O3S2/c1-16-13-21-24-25-23(27(21)20-10-6-5-9-19(16)20)31-14-22(28)26(17-7-3-2-4-8-17)18-11-12-32(29,30)15-18/h5-6,9-10,13,17-18H,2-4,7-8,11-12,14-15H2,1H3. The molecule has 1 amide bonds. The van der Waals surface area contributed by atoms with Gasteiger partial charge in [-0.25, -0.2) is 8.42 Å². The first-order valence-corrected chi connectivity index (χ1v) is 14.1. The second-order valence-electron chi connectivity index (χ2n) is 8.96. The van der Waals surface area contributed by atoms with Crippen LogP contribution < -0.4 is 0 Å². The summed E-state index contributed by atoms with van der Waals surface area (Å²) in [6, 6.07) is 10.1. The minimum atomic E-state index is -3.06. The summed E-state index contributed by atoms with van der Waals surface area (Å²) in [7, 11) is -3.06. The van der Waals surface area contributed by atoms with E-state index in [9.17, 15) is 13.2 Å². The number of amides is 1. The Bertz CT molecular complexity index is 1260. The number of hydrogen-bond acceptors (Lipinski definition) is 6. The lowest BCUT2D eigenvalue weighted by molar-refractivity contribution is -0.133. The molecule has 3 heterocycles. The fraction of sp³-hybridized carbons (Fsp3) is 0.522. The zero-order valence-corrected chi connectivity index (χ0v) is 19.9. The number of thioether (sulfide) groups is 1. The van der Waals surface area contributed by atoms with Crippen LogP contribution in [0, 0.1) is 6.92 Å². The Morgan fingerprint density at radius 1 is 1.12 bits per heavy atom. The number of rotatable bonds is 5. The van der Waals surface area contributed by atoms with E-state index in [2.05, 4.69) is 23.2 Å². The average Bonchev–Trinajstić information content (AvgIpc) is 3.36. The molecular formula is C23H28N4O3S2. The smallest absolute Gasteiger partial charge is 0.233 e. The number of sulfone groups is 1. The van der Waals surface area contributed by atoms with Crippen molar-refractivity contribution < 1.29 is 13.2 Å². The Labute approximate surface area is 192 Å². The Morgan fingerprint density at radius 2 is 1.91 bits per heavy atom. The average molecular weight is 473 g/mol. The molecule has 5 rings (SSSR count). The summed E-state index contributed by atoms with van der Waals surface area (Å²) in [6.07, 6.45) is 5.86. The van der Waals surface area contributed by atoms with Crippen molar-refractivity contribution in [1.82, 2.24) is 19.5 Å². The third-order valence-electron chi connectivity index (χ3n) is 6.76. The second kappa shape index (κ2) is 8.67. The monoisotopic (exact) mass is 472 g/mol. The summed E-state index contributed by atoms with van der Waals surface area (Å²) in [5.41, 5.74) is 2.93. The van der Waals surface area contributed by atoms with Crippen LogP contribution in [0.4, 0.5) is 0 Å². The van der Waals surface area contributed by atoms with Crippen LogP contribution in [0.1, 0.15) is 44.1 Å². The van der Waals surface area contributed by atoms with E-state index in [-0.39, 0.29) is 35.2 Å². The van der Waals surface area contributed by atoms with Gasteiger partial charge in [0.25, 0.3) is 0 Å². The number of hydrogen-bond donors (Lipinski definition) is 0. The molecule has 1 unspecified atom stereocenters. The van der Waals surface area contributed by atoms with Crippen molar-refractivity contribution in [2.75, 3.05) is 17.3 Å². The predicted molar refractivity (Wildman–Crippen MR) is 127 cm³/mol. The SMILES string of the molecule is Cc1cc2nnc(SCC(=O)N(C3CCCCC3)C3CCS(=O)(=O)C3)n2c2ccccc12. The van der Waals surface area contributed by atoms with Crippen LogP contribution in [-0.4, -0.2) is 63.2 Å². The lowest BCUT2D eigenvalue weighted by Gasteiger charge is -2.38. The molecule has 170 valence electrons. The van der Waals surface area contributed by atoms with Crippen LogP contribution >= 0.6 is 11.8 Å². The summed E-state index contributed by atoms with van der Waals surface area (Å²) >= 11 is 1.39. The molecule has 0 N–H and O–H groups in total. The van der Waals surface area contributed by atoms with Crippen LogP contribution in [0.2, 0.25) is 0 Å². The van der Waals surface area contributed by atoms with Crippen LogP contribution in [0.5, 0.6) is 0 Å². The first kappa shape index (κ1) is 21.7. The summed E-state index contributed by atoms with van der Waals surface area (Å²) < 4.78 is 26.3. The number of aromatic nitrogens is 3. The fourth-order valence-electron chi connectivity index (χ4n) is 5.23. The van der Waals surface area contributed by atoms with Crippen molar-refractivity contribution in [3.8, 4) is 0 Å². The predicted octanol–water partition coefficient (Wildman–Crippen LogP) is 3.63. The molecule has 2 aromatic heterocycles. The molecule has 1 aliphatic carbocycles. The van der Waals surface area contributed by atoms with Gasteiger partial charge in [0.2, 0.25) is 5.91 Å². The van der Waals surface area contributed by atoms with Crippen LogP contribution in [-0.2, 0) is 14.6 Å². The number of fused-ring (bicyclic) bond motifs is 3. The van der Waals surface area contributed by atoms with Gasteiger partial charge in [-0.15, -0.1) is 10.2 Å². The summed E-state index contributed by atoms with van der Waals surface area (Å²) in [5, 5.41) is 10.5. The van der Waals surface area contributed by atoms with E-state index < -0.39 is 9.84 Å². The lowest BCUT2D eigenvalue weighted by atomic mass is 9.93. The second-order valence-corrected chi connectivity index (χ2v) is 12.1. The highest BCUT2D eigenvalue weighted by Gasteiger charge is 2.38. The number of benzene rings is 1. The van der Waals surface area contributed by atoms with Crippen molar-refractivity contribution in [3.63, 3.8) is 0 Å². The number of pyridine rings is 1.